The minimum Gasteiger partial charge on any atom is -0.490 e. The number of halogens is 1. The van der Waals surface area contributed by atoms with Gasteiger partial charge in [-0.1, -0.05) is 23.7 Å². The van der Waals surface area contributed by atoms with Crippen LogP contribution in [0.1, 0.15) is 31.2 Å². The quantitative estimate of drug-likeness (QED) is 0.785. The summed E-state index contributed by atoms with van der Waals surface area (Å²) < 4.78 is 33.2. The van der Waals surface area contributed by atoms with Gasteiger partial charge < -0.3 is 4.74 Å². The maximum atomic E-state index is 12.4. The van der Waals surface area contributed by atoms with E-state index in [0.717, 1.165) is 24.2 Å². The molecule has 0 atom stereocenters. The Hall–Kier alpha value is -1.56. The molecular formula is C19H22ClNO3S. The third-order valence-corrected chi connectivity index (χ3v) is 6.09. The zero-order valence-corrected chi connectivity index (χ0v) is 15.5. The topological polar surface area (TPSA) is 55.4 Å². The van der Waals surface area contributed by atoms with E-state index in [-0.39, 0.29) is 11.0 Å². The fourth-order valence-electron chi connectivity index (χ4n) is 2.96. The summed E-state index contributed by atoms with van der Waals surface area (Å²) in [6, 6.07) is 14.0. The molecule has 0 spiro atoms. The molecule has 134 valence electrons. The van der Waals surface area contributed by atoms with E-state index >= 15 is 0 Å². The smallest absolute Gasteiger partial charge is 0.240 e. The van der Waals surface area contributed by atoms with Crippen LogP contribution in [0.2, 0.25) is 5.02 Å². The molecule has 4 nitrogen and oxygen atoms in total. The number of hydrogen-bond donors (Lipinski definition) is 1. The molecule has 3 rings (SSSR count). The first kappa shape index (κ1) is 18.2. The molecule has 0 aromatic heterocycles. The lowest BCUT2D eigenvalue weighted by atomic mass is 10.2. The van der Waals surface area contributed by atoms with Gasteiger partial charge in [0.1, 0.15) is 5.75 Å². The van der Waals surface area contributed by atoms with E-state index in [0.29, 0.717) is 18.0 Å². The molecule has 1 aliphatic carbocycles. The van der Waals surface area contributed by atoms with Gasteiger partial charge >= 0.3 is 0 Å². The zero-order chi connectivity index (χ0) is 17.7. The summed E-state index contributed by atoms with van der Waals surface area (Å²) in [5.74, 6) is 0.729. The highest BCUT2D eigenvalue weighted by Gasteiger charge is 2.17. The van der Waals surface area contributed by atoms with Crippen molar-refractivity contribution in [1.82, 2.24) is 4.72 Å². The van der Waals surface area contributed by atoms with Crippen molar-refractivity contribution >= 4 is 21.6 Å². The summed E-state index contributed by atoms with van der Waals surface area (Å²) in [5, 5.41) is 0.671. The number of sulfonamides is 1. The Kier molecular flexibility index (Phi) is 5.99. The highest BCUT2D eigenvalue weighted by molar-refractivity contribution is 7.89. The molecular weight excluding hydrogens is 358 g/mol. The van der Waals surface area contributed by atoms with Crippen molar-refractivity contribution in [2.45, 2.75) is 43.1 Å². The van der Waals surface area contributed by atoms with Gasteiger partial charge in [-0.15, -0.1) is 0 Å². The predicted octanol–water partition coefficient (Wildman–Crippen LogP) is 4.18. The maximum absolute atomic E-state index is 12.4. The molecule has 0 amide bonds. The summed E-state index contributed by atoms with van der Waals surface area (Å²) >= 11 is 5.84. The highest BCUT2D eigenvalue weighted by Crippen LogP contribution is 2.24. The number of ether oxygens (including phenoxy) is 1. The normalized spacial score (nSPS) is 15.4. The minimum atomic E-state index is -3.51. The molecule has 25 heavy (non-hydrogen) atoms. The molecule has 1 N–H and O–H groups in total. The van der Waals surface area contributed by atoms with Gasteiger partial charge in [-0.25, -0.2) is 13.1 Å². The third-order valence-electron chi connectivity index (χ3n) is 4.36. The van der Waals surface area contributed by atoms with Crippen LogP contribution in [0, 0.1) is 0 Å². The molecule has 6 heteroatoms. The van der Waals surface area contributed by atoms with Crippen LogP contribution in [-0.2, 0) is 16.4 Å². The number of hydrogen-bond acceptors (Lipinski definition) is 3. The second-order valence-corrected chi connectivity index (χ2v) is 8.47. The SMILES string of the molecule is O=S(=O)(NCCc1ccc(Cl)cc1)c1ccc(OC2CCCC2)cc1. The molecule has 0 unspecified atom stereocenters. The maximum Gasteiger partial charge on any atom is 0.240 e. The van der Waals surface area contributed by atoms with Crippen LogP contribution < -0.4 is 9.46 Å². The van der Waals surface area contributed by atoms with Crippen LogP contribution >= 0.6 is 11.6 Å². The van der Waals surface area contributed by atoms with E-state index in [2.05, 4.69) is 4.72 Å². The van der Waals surface area contributed by atoms with E-state index in [1.165, 1.54) is 12.8 Å². The first-order valence-corrected chi connectivity index (χ1v) is 10.4. The van der Waals surface area contributed by atoms with Crippen LogP contribution in [0.15, 0.2) is 53.4 Å². The zero-order valence-electron chi connectivity index (χ0n) is 13.9. The molecule has 1 fully saturated rings. The fraction of sp³-hybridized carbons (Fsp3) is 0.368. The Balaban J connectivity index is 1.54. The lowest BCUT2D eigenvalue weighted by Gasteiger charge is -2.13. The van der Waals surface area contributed by atoms with Crippen LogP contribution in [0.3, 0.4) is 0 Å². The second kappa shape index (κ2) is 8.21. The average molecular weight is 380 g/mol. The molecule has 0 radical (unpaired) electrons. The summed E-state index contributed by atoms with van der Waals surface area (Å²) in [5.41, 5.74) is 1.03. The second-order valence-electron chi connectivity index (χ2n) is 6.27. The standard InChI is InChI=1S/C19H22ClNO3S/c20-16-7-5-15(6-8-16)13-14-21-25(22,23)19-11-9-18(10-12-19)24-17-3-1-2-4-17/h5-12,17,21H,1-4,13-14H2. The van der Waals surface area contributed by atoms with Crippen molar-refractivity contribution in [3.63, 3.8) is 0 Å². The summed E-state index contributed by atoms with van der Waals surface area (Å²) in [6.45, 7) is 0.338. The summed E-state index contributed by atoms with van der Waals surface area (Å²) in [7, 11) is -3.51. The Labute approximate surface area is 154 Å². The molecule has 1 saturated carbocycles. The lowest BCUT2D eigenvalue weighted by molar-refractivity contribution is 0.210. The van der Waals surface area contributed by atoms with Gasteiger partial charge in [-0.3, -0.25) is 0 Å². The first-order valence-electron chi connectivity index (χ1n) is 8.54. The van der Waals surface area contributed by atoms with Crippen molar-refractivity contribution in [3.05, 3.63) is 59.1 Å². The van der Waals surface area contributed by atoms with Gasteiger partial charge in [0, 0.05) is 11.6 Å². The average Bonchev–Trinajstić information content (AvgIpc) is 3.10. The number of benzene rings is 2. The predicted molar refractivity (Wildman–Crippen MR) is 99.7 cm³/mol. The van der Waals surface area contributed by atoms with Gasteiger partial charge in [0.05, 0.1) is 11.0 Å². The lowest BCUT2D eigenvalue weighted by Crippen LogP contribution is -2.26. The molecule has 2 aromatic carbocycles. The van der Waals surface area contributed by atoms with E-state index in [1.807, 2.05) is 12.1 Å². The third kappa shape index (κ3) is 5.21. The first-order chi connectivity index (χ1) is 12.0. The fourth-order valence-corrected chi connectivity index (χ4v) is 4.12. The van der Waals surface area contributed by atoms with Crippen molar-refractivity contribution in [3.8, 4) is 5.75 Å². The Morgan fingerprint density at radius 2 is 1.64 bits per heavy atom. The Bertz CT molecular complexity index is 782. The van der Waals surface area contributed by atoms with Crippen LogP contribution in [0.25, 0.3) is 0 Å². The largest absolute Gasteiger partial charge is 0.490 e. The summed E-state index contributed by atoms with van der Waals surface area (Å²) in [4.78, 5) is 0.252. The van der Waals surface area contributed by atoms with Crippen LogP contribution in [0.5, 0.6) is 5.75 Å². The molecule has 0 bridgehead atoms. The van der Waals surface area contributed by atoms with Crippen molar-refractivity contribution < 1.29 is 13.2 Å². The van der Waals surface area contributed by atoms with E-state index in [1.54, 1.807) is 36.4 Å². The van der Waals surface area contributed by atoms with Crippen molar-refractivity contribution in [1.29, 1.82) is 0 Å². The van der Waals surface area contributed by atoms with Gasteiger partial charge in [-0.05, 0) is 74.1 Å². The van der Waals surface area contributed by atoms with E-state index < -0.39 is 10.0 Å². The molecule has 0 saturated heterocycles. The molecule has 1 aliphatic rings. The highest BCUT2D eigenvalue weighted by atomic mass is 35.5. The summed E-state index contributed by atoms with van der Waals surface area (Å²) in [6.07, 6.45) is 5.43. The number of nitrogens with one attached hydrogen (secondary N) is 1. The Morgan fingerprint density at radius 1 is 1.00 bits per heavy atom. The van der Waals surface area contributed by atoms with Gasteiger partial charge in [0.25, 0.3) is 0 Å². The molecule has 0 aliphatic heterocycles. The molecule has 2 aromatic rings. The molecule has 0 heterocycles. The minimum absolute atomic E-state index is 0.252. The van der Waals surface area contributed by atoms with Gasteiger partial charge in [0.15, 0.2) is 0 Å². The monoisotopic (exact) mass is 379 g/mol. The van der Waals surface area contributed by atoms with Gasteiger partial charge in [0.2, 0.25) is 10.0 Å². The van der Waals surface area contributed by atoms with Crippen LogP contribution in [0.4, 0.5) is 0 Å². The Morgan fingerprint density at radius 3 is 2.28 bits per heavy atom. The van der Waals surface area contributed by atoms with Gasteiger partial charge in [-0.2, -0.15) is 0 Å². The van der Waals surface area contributed by atoms with Crippen molar-refractivity contribution in [2.75, 3.05) is 6.54 Å². The number of rotatable bonds is 7. The van der Waals surface area contributed by atoms with E-state index in [4.69, 9.17) is 16.3 Å². The van der Waals surface area contributed by atoms with Crippen LogP contribution in [-0.4, -0.2) is 21.1 Å². The van der Waals surface area contributed by atoms with Crippen molar-refractivity contribution in [2.24, 2.45) is 0 Å². The van der Waals surface area contributed by atoms with E-state index in [9.17, 15) is 8.42 Å².